The molecule has 0 unspecified atom stereocenters. The quantitative estimate of drug-likeness (QED) is 0.607. The predicted molar refractivity (Wildman–Crippen MR) is 108 cm³/mol. The second-order valence-corrected chi connectivity index (χ2v) is 9.42. The lowest BCUT2D eigenvalue weighted by atomic mass is 9.75. The van der Waals surface area contributed by atoms with E-state index >= 15 is 0 Å². The Balaban J connectivity index is 2.05. The molecule has 3 aromatic rings. The van der Waals surface area contributed by atoms with Crippen molar-refractivity contribution in [3.63, 3.8) is 0 Å². The van der Waals surface area contributed by atoms with Gasteiger partial charge in [0.1, 0.15) is 0 Å². The van der Waals surface area contributed by atoms with Gasteiger partial charge in [-0.2, -0.15) is 0 Å². The van der Waals surface area contributed by atoms with E-state index in [1.807, 2.05) is 0 Å². The van der Waals surface area contributed by atoms with E-state index in [2.05, 4.69) is 4.98 Å². The first kappa shape index (κ1) is 20.5. The summed E-state index contributed by atoms with van der Waals surface area (Å²) in [4.78, 5) is 4.33. The van der Waals surface area contributed by atoms with Gasteiger partial charge in [0.05, 0.1) is 16.1 Å². The third kappa shape index (κ3) is 3.58. The van der Waals surface area contributed by atoms with E-state index in [9.17, 15) is 18.5 Å². The summed E-state index contributed by atoms with van der Waals surface area (Å²) in [5, 5.41) is 21.3. The van der Waals surface area contributed by atoms with Crippen LogP contribution in [0.2, 0.25) is 0 Å². The van der Waals surface area contributed by atoms with E-state index in [1.165, 1.54) is 24.5 Å². The van der Waals surface area contributed by atoms with Crippen LogP contribution in [0.5, 0.6) is 0 Å². The van der Waals surface area contributed by atoms with Crippen LogP contribution in [0.3, 0.4) is 0 Å². The summed E-state index contributed by atoms with van der Waals surface area (Å²) in [6.07, 6.45) is 2.82. The molecule has 1 aromatic carbocycles. The Morgan fingerprint density at radius 1 is 1.07 bits per heavy atom. The number of aliphatic hydroxyl groups is 1. The van der Waals surface area contributed by atoms with E-state index in [4.69, 9.17) is 4.65 Å². The van der Waals surface area contributed by atoms with Gasteiger partial charge in [-0.3, -0.25) is 0 Å². The first-order valence-corrected chi connectivity index (χ1v) is 10.2. The molecule has 0 radical (unpaired) electrons. The van der Waals surface area contributed by atoms with Crippen molar-refractivity contribution in [3.05, 3.63) is 54.9 Å². The monoisotopic (exact) mass is 402 g/mol. The third-order valence-corrected chi connectivity index (χ3v) is 6.71. The molecule has 0 amide bonds. The van der Waals surface area contributed by atoms with Gasteiger partial charge in [0.2, 0.25) is 0 Å². The minimum Gasteiger partial charge on any atom is -0.423 e. The minimum absolute atomic E-state index is 0.139. The van der Waals surface area contributed by atoms with Crippen molar-refractivity contribution in [1.82, 2.24) is 8.96 Å². The summed E-state index contributed by atoms with van der Waals surface area (Å²) in [5.41, 5.74) is -1.71. The first-order valence-electron chi connectivity index (χ1n) is 8.80. The van der Waals surface area contributed by atoms with Gasteiger partial charge in [0.25, 0.3) is 10.0 Å². The fourth-order valence-corrected chi connectivity index (χ4v) is 3.96. The predicted octanol–water partition coefficient (Wildman–Crippen LogP) is 1.53. The summed E-state index contributed by atoms with van der Waals surface area (Å²) in [7, 11) is -5.20. The molecule has 9 heteroatoms. The van der Waals surface area contributed by atoms with Gasteiger partial charge in [-0.1, -0.05) is 18.2 Å². The molecule has 0 aliphatic rings. The molecular weight excluding hydrogens is 379 g/mol. The van der Waals surface area contributed by atoms with Crippen LogP contribution >= 0.6 is 0 Å². The topological polar surface area (TPSA) is 102 Å². The maximum absolute atomic E-state index is 12.9. The van der Waals surface area contributed by atoms with E-state index in [1.54, 1.807) is 58.0 Å². The molecule has 28 heavy (non-hydrogen) atoms. The Morgan fingerprint density at radius 3 is 2.32 bits per heavy atom. The van der Waals surface area contributed by atoms with Gasteiger partial charge in [-0.05, 0) is 57.4 Å². The van der Waals surface area contributed by atoms with Crippen LogP contribution in [0.1, 0.15) is 27.7 Å². The molecule has 0 aliphatic heterocycles. The van der Waals surface area contributed by atoms with Crippen LogP contribution in [0, 0.1) is 0 Å². The molecule has 0 fully saturated rings. The Morgan fingerprint density at radius 2 is 1.71 bits per heavy atom. The second kappa shape index (κ2) is 7.00. The molecule has 2 heterocycles. The van der Waals surface area contributed by atoms with Crippen LogP contribution in [-0.2, 0) is 14.7 Å². The molecule has 0 saturated heterocycles. The van der Waals surface area contributed by atoms with E-state index in [-0.39, 0.29) is 10.5 Å². The van der Waals surface area contributed by atoms with Gasteiger partial charge in [0.15, 0.2) is 5.65 Å². The number of fused-ring (bicyclic) bond motifs is 1. The van der Waals surface area contributed by atoms with Gasteiger partial charge >= 0.3 is 7.12 Å². The van der Waals surface area contributed by atoms with Crippen LogP contribution in [0.4, 0.5) is 0 Å². The van der Waals surface area contributed by atoms with Crippen LogP contribution in [-0.4, -0.2) is 45.8 Å². The SMILES string of the molecule is CC(C)(O)C(C)(C)OB(O)c1ccnc2c1ccn2S(=O)(=O)c1ccccc1. The Bertz CT molecular complexity index is 1090. The first-order chi connectivity index (χ1) is 12.9. The van der Waals surface area contributed by atoms with Crippen molar-refractivity contribution in [1.29, 1.82) is 0 Å². The molecule has 0 atom stereocenters. The normalized spacial score (nSPS) is 13.1. The zero-order valence-corrected chi connectivity index (χ0v) is 17.0. The van der Waals surface area contributed by atoms with Crippen LogP contribution in [0.15, 0.2) is 59.8 Å². The highest BCUT2D eigenvalue weighted by atomic mass is 32.2. The Labute approximate surface area is 164 Å². The lowest BCUT2D eigenvalue weighted by Crippen LogP contribution is -2.53. The van der Waals surface area contributed by atoms with E-state index < -0.39 is 28.3 Å². The van der Waals surface area contributed by atoms with Crippen molar-refractivity contribution in [3.8, 4) is 0 Å². The number of hydrogen-bond acceptors (Lipinski definition) is 6. The van der Waals surface area contributed by atoms with Crippen molar-refractivity contribution in [2.45, 2.75) is 43.8 Å². The fourth-order valence-electron chi connectivity index (χ4n) is 2.64. The zero-order chi connectivity index (χ0) is 20.7. The van der Waals surface area contributed by atoms with Crippen LogP contribution in [0.25, 0.3) is 11.0 Å². The largest absolute Gasteiger partial charge is 0.492 e. The number of nitrogens with zero attached hydrogens (tertiary/aromatic N) is 2. The maximum Gasteiger partial charge on any atom is 0.492 e. The van der Waals surface area contributed by atoms with Crippen molar-refractivity contribution in [2.75, 3.05) is 0 Å². The molecule has 0 spiro atoms. The number of aromatic nitrogens is 2. The average molecular weight is 402 g/mol. The maximum atomic E-state index is 12.9. The van der Waals surface area contributed by atoms with Crippen molar-refractivity contribution in [2.24, 2.45) is 0 Å². The van der Waals surface area contributed by atoms with Crippen molar-refractivity contribution < 1.29 is 23.2 Å². The zero-order valence-electron chi connectivity index (χ0n) is 16.2. The average Bonchev–Trinajstić information content (AvgIpc) is 3.06. The summed E-state index contributed by atoms with van der Waals surface area (Å²) in [5.74, 6) is 0. The molecule has 0 bridgehead atoms. The van der Waals surface area contributed by atoms with E-state index in [0.717, 1.165) is 3.97 Å². The molecule has 0 aliphatic carbocycles. The number of hydrogen-bond donors (Lipinski definition) is 2. The van der Waals surface area contributed by atoms with Gasteiger partial charge in [-0.25, -0.2) is 17.4 Å². The van der Waals surface area contributed by atoms with Gasteiger partial charge < -0.3 is 14.8 Å². The molecule has 3 rings (SSSR count). The Hall–Kier alpha value is -2.20. The van der Waals surface area contributed by atoms with E-state index in [0.29, 0.717) is 10.8 Å². The van der Waals surface area contributed by atoms with Gasteiger partial charge in [-0.15, -0.1) is 0 Å². The molecule has 148 valence electrons. The smallest absolute Gasteiger partial charge is 0.423 e. The summed E-state index contributed by atoms with van der Waals surface area (Å²) >= 11 is 0. The highest BCUT2D eigenvalue weighted by Gasteiger charge is 2.40. The summed E-state index contributed by atoms with van der Waals surface area (Å²) in [6, 6.07) is 11.2. The number of pyridine rings is 1. The summed E-state index contributed by atoms with van der Waals surface area (Å²) in [6.45, 7) is 6.51. The second-order valence-electron chi connectivity index (χ2n) is 7.61. The van der Waals surface area contributed by atoms with Crippen molar-refractivity contribution >= 4 is 33.6 Å². The van der Waals surface area contributed by atoms with Crippen LogP contribution < -0.4 is 5.46 Å². The lowest BCUT2D eigenvalue weighted by Gasteiger charge is -2.38. The fraction of sp³-hybridized carbons (Fsp3) is 0.316. The highest BCUT2D eigenvalue weighted by Crippen LogP contribution is 2.26. The molecule has 2 aromatic heterocycles. The molecular formula is C19H23BN2O5S. The third-order valence-electron chi connectivity index (χ3n) is 5.03. The molecule has 0 saturated carbocycles. The van der Waals surface area contributed by atoms with Gasteiger partial charge in [0, 0.05) is 17.8 Å². The standard InChI is InChI=1S/C19H23BN2O5S/c1-18(2,23)19(3,4)27-20(24)16-10-12-21-17-15(16)11-13-22(17)28(25,26)14-8-6-5-7-9-14/h5-13,23-24H,1-4H3. The Kier molecular flexibility index (Phi) is 5.14. The number of rotatable bonds is 6. The minimum atomic E-state index is -3.83. The molecule has 7 nitrogen and oxygen atoms in total. The lowest BCUT2D eigenvalue weighted by molar-refractivity contribution is -0.0982. The summed E-state index contributed by atoms with van der Waals surface area (Å²) < 4.78 is 32.7. The highest BCUT2D eigenvalue weighted by molar-refractivity contribution is 7.90. The number of benzene rings is 1. The molecule has 2 N–H and O–H groups in total.